The van der Waals surface area contributed by atoms with Crippen molar-refractivity contribution in [3.63, 3.8) is 0 Å². The summed E-state index contributed by atoms with van der Waals surface area (Å²) in [5.74, 6) is 0. The van der Waals surface area contributed by atoms with Crippen LogP contribution in [-0.2, 0) is 6.18 Å². The molecule has 0 aliphatic heterocycles. The second-order valence-electron chi connectivity index (χ2n) is 2.59. The first-order valence-electron chi connectivity index (χ1n) is 3.54. The molecule has 0 fully saturated rings. The van der Waals surface area contributed by atoms with E-state index in [2.05, 4.69) is 4.98 Å². The van der Waals surface area contributed by atoms with Crippen LogP contribution in [0, 0.1) is 3.70 Å². The lowest BCUT2D eigenvalue weighted by atomic mass is 10.1. The number of aromatic nitrogens is 1. The number of nitrogen functional groups attached to an aromatic ring is 1. The van der Waals surface area contributed by atoms with Crippen LogP contribution in [0.25, 0.3) is 0 Å². The highest BCUT2D eigenvalue weighted by Gasteiger charge is 2.38. The van der Waals surface area contributed by atoms with E-state index in [1.54, 1.807) is 0 Å². The number of anilines is 1. The molecule has 0 saturated heterocycles. The molecule has 2 N–H and O–H groups in total. The number of hydrogen-bond donors (Lipinski definition) is 1. The van der Waals surface area contributed by atoms with Gasteiger partial charge in [-0.15, -0.1) is 0 Å². The number of rotatable bonds is 1. The van der Waals surface area contributed by atoms with E-state index in [1.807, 2.05) is 0 Å². The van der Waals surface area contributed by atoms with Crippen molar-refractivity contribution in [3.8, 4) is 0 Å². The molecule has 15 heavy (non-hydrogen) atoms. The average Bonchev–Trinajstić information content (AvgIpc) is 2.00. The number of pyridine rings is 1. The van der Waals surface area contributed by atoms with Gasteiger partial charge in [-0.05, 0) is 22.6 Å². The van der Waals surface area contributed by atoms with Gasteiger partial charge in [0.25, 0.3) is 6.43 Å². The van der Waals surface area contributed by atoms with Crippen LogP contribution >= 0.6 is 22.6 Å². The van der Waals surface area contributed by atoms with Crippen LogP contribution in [0.5, 0.6) is 0 Å². The van der Waals surface area contributed by atoms with E-state index in [9.17, 15) is 22.0 Å². The summed E-state index contributed by atoms with van der Waals surface area (Å²) >= 11 is 1.30. The summed E-state index contributed by atoms with van der Waals surface area (Å²) in [7, 11) is 0. The molecule has 0 amide bonds. The first-order valence-corrected chi connectivity index (χ1v) is 4.62. The van der Waals surface area contributed by atoms with Crippen LogP contribution in [0.3, 0.4) is 0 Å². The van der Waals surface area contributed by atoms with Crippen molar-refractivity contribution in [2.75, 3.05) is 5.73 Å². The maximum atomic E-state index is 12.4. The summed E-state index contributed by atoms with van der Waals surface area (Å²) < 4.78 is 61.2. The number of nitrogens with zero attached hydrogens (tertiary/aromatic N) is 1. The Balaban J connectivity index is 3.44. The van der Waals surface area contributed by atoms with Crippen LogP contribution in [0.4, 0.5) is 27.6 Å². The predicted octanol–water partition coefficient (Wildman–Crippen LogP) is 3.22. The minimum Gasteiger partial charge on any atom is -0.398 e. The van der Waals surface area contributed by atoms with Crippen LogP contribution < -0.4 is 5.73 Å². The van der Waals surface area contributed by atoms with Gasteiger partial charge in [0.15, 0.2) is 0 Å². The molecule has 1 aromatic heterocycles. The van der Waals surface area contributed by atoms with E-state index >= 15 is 0 Å². The summed E-state index contributed by atoms with van der Waals surface area (Å²) in [6.45, 7) is 0. The molecule has 0 aromatic carbocycles. The number of nitrogens with two attached hydrogens (primary N) is 1. The number of hydrogen-bond acceptors (Lipinski definition) is 2. The lowest BCUT2D eigenvalue weighted by molar-refractivity contribution is -0.138. The fraction of sp³-hybridized carbons (Fsp3) is 0.286. The zero-order valence-corrected chi connectivity index (χ0v) is 9.10. The quantitative estimate of drug-likeness (QED) is 0.485. The molecule has 0 radical (unpaired) electrons. The van der Waals surface area contributed by atoms with Gasteiger partial charge in [0.2, 0.25) is 0 Å². The largest absolute Gasteiger partial charge is 0.420 e. The van der Waals surface area contributed by atoms with Crippen LogP contribution in [-0.4, -0.2) is 4.98 Å². The normalized spacial score (nSPS) is 12.2. The van der Waals surface area contributed by atoms with E-state index in [1.165, 1.54) is 22.6 Å². The molecule has 1 heterocycles. The Hall–Kier alpha value is -0.670. The Morgan fingerprint density at radius 2 is 1.87 bits per heavy atom. The molecule has 0 spiro atoms. The van der Waals surface area contributed by atoms with E-state index < -0.39 is 33.1 Å². The summed E-state index contributed by atoms with van der Waals surface area (Å²) in [5.41, 5.74) is 1.86. The summed E-state index contributed by atoms with van der Waals surface area (Å²) in [6.07, 6.45) is -7.20. The molecule has 0 bridgehead atoms. The van der Waals surface area contributed by atoms with Crippen molar-refractivity contribution in [2.45, 2.75) is 12.6 Å². The second kappa shape index (κ2) is 4.06. The highest BCUT2D eigenvalue weighted by atomic mass is 127. The molecule has 1 aromatic rings. The smallest absolute Gasteiger partial charge is 0.398 e. The van der Waals surface area contributed by atoms with E-state index in [0.717, 1.165) is 0 Å². The van der Waals surface area contributed by atoms with E-state index in [4.69, 9.17) is 5.73 Å². The molecule has 2 nitrogen and oxygen atoms in total. The van der Waals surface area contributed by atoms with Gasteiger partial charge in [-0.1, -0.05) is 0 Å². The van der Waals surface area contributed by atoms with Crippen molar-refractivity contribution in [1.82, 2.24) is 4.98 Å². The Kier molecular flexibility index (Phi) is 3.36. The monoisotopic (exact) mass is 338 g/mol. The molecular formula is C7H4F5IN2. The van der Waals surface area contributed by atoms with Crippen LogP contribution in [0.1, 0.15) is 17.6 Å². The molecule has 0 atom stereocenters. The first-order chi connectivity index (χ1) is 6.75. The van der Waals surface area contributed by atoms with Gasteiger partial charge in [-0.25, -0.2) is 13.8 Å². The average molecular weight is 338 g/mol. The van der Waals surface area contributed by atoms with Gasteiger partial charge in [0.1, 0.15) is 9.26 Å². The molecule has 8 heteroatoms. The Morgan fingerprint density at radius 3 is 2.27 bits per heavy atom. The standard InChI is InChI=1S/C7H4F5IN2/c8-5(9)2-1-15-6(13)3(4(2)14)7(10,11)12/h1,5H,(H2,14,15). The molecule has 84 valence electrons. The molecule has 0 unspecified atom stereocenters. The summed E-state index contributed by atoms with van der Waals surface area (Å²) in [6, 6.07) is 0. The van der Waals surface area contributed by atoms with Gasteiger partial charge in [0.05, 0.1) is 11.3 Å². The summed E-state index contributed by atoms with van der Waals surface area (Å²) in [4.78, 5) is 3.23. The number of alkyl halides is 5. The first kappa shape index (κ1) is 12.4. The Bertz CT molecular complexity index is 376. The lowest BCUT2D eigenvalue weighted by Crippen LogP contribution is -2.14. The summed E-state index contributed by atoms with van der Waals surface area (Å²) in [5, 5.41) is 0. The van der Waals surface area contributed by atoms with Crippen molar-refractivity contribution < 1.29 is 22.0 Å². The Morgan fingerprint density at radius 1 is 1.33 bits per heavy atom. The maximum Gasteiger partial charge on any atom is 0.420 e. The third-order valence-electron chi connectivity index (χ3n) is 1.62. The van der Waals surface area contributed by atoms with Gasteiger partial charge >= 0.3 is 6.18 Å². The van der Waals surface area contributed by atoms with E-state index in [0.29, 0.717) is 6.20 Å². The van der Waals surface area contributed by atoms with Gasteiger partial charge in [-0.2, -0.15) is 13.2 Å². The molecule has 1 rings (SSSR count). The third-order valence-corrected chi connectivity index (χ3v) is 2.44. The fourth-order valence-corrected chi connectivity index (χ4v) is 1.69. The fourth-order valence-electron chi connectivity index (χ4n) is 0.959. The van der Waals surface area contributed by atoms with Crippen LogP contribution in [0.15, 0.2) is 6.20 Å². The van der Waals surface area contributed by atoms with Crippen molar-refractivity contribution in [1.29, 1.82) is 0 Å². The Labute approximate surface area is 94.8 Å². The predicted molar refractivity (Wildman–Crippen MR) is 51.3 cm³/mol. The zero-order valence-electron chi connectivity index (χ0n) is 6.95. The second-order valence-corrected chi connectivity index (χ2v) is 3.61. The zero-order chi connectivity index (χ0) is 11.8. The topological polar surface area (TPSA) is 38.9 Å². The molecule has 0 saturated carbocycles. The lowest BCUT2D eigenvalue weighted by Gasteiger charge is -2.14. The molecule has 0 aliphatic carbocycles. The minimum absolute atomic E-state index is 0.443. The highest BCUT2D eigenvalue weighted by molar-refractivity contribution is 14.1. The van der Waals surface area contributed by atoms with Crippen LogP contribution in [0.2, 0.25) is 0 Å². The van der Waals surface area contributed by atoms with Crippen molar-refractivity contribution in [2.24, 2.45) is 0 Å². The highest BCUT2D eigenvalue weighted by Crippen LogP contribution is 2.39. The van der Waals surface area contributed by atoms with Gasteiger partial charge < -0.3 is 5.73 Å². The van der Waals surface area contributed by atoms with E-state index in [-0.39, 0.29) is 0 Å². The van der Waals surface area contributed by atoms with Gasteiger partial charge in [0, 0.05) is 6.20 Å². The SMILES string of the molecule is Nc1c(C(F)F)cnc(I)c1C(F)(F)F. The third kappa shape index (κ3) is 2.47. The maximum absolute atomic E-state index is 12.4. The minimum atomic E-state index is -4.78. The molecule has 0 aliphatic rings. The molecular weight excluding hydrogens is 334 g/mol. The van der Waals surface area contributed by atoms with Gasteiger partial charge in [-0.3, -0.25) is 0 Å². The number of halogens is 6. The van der Waals surface area contributed by atoms with Crippen molar-refractivity contribution in [3.05, 3.63) is 21.0 Å². The van der Waals surface area contributed by atoms with Crippen molar-refractivity contribution >= 4 is 28.3 Å².